The molecule has 2 aromatic carbocycles. The van der Waals surface area contributed by atoms with Crippen molar-refractivity contribution in [3.8, 4) is 17.2 Å². The molecule has 3 aromatic rings. The molecule has 1 amide bonds. The van der Waals surface area contributed by atoms with Crippen LogP contribution < -0.4 is 14.4 Å². The number of carbonyl (C=O) groups is 1. The molecular weight excluding hydrogens is 344 g/mol. The monoisotopic (exact) mass is 366 g/mol. The fourth-order valence-electron chi connectivity index (χ4n) is 2.79. The highest BCUT2D eigenvalue weighted by Crippen LogP contribution is 2.32. The Bertz CT molecular complexity index is 964. The van der Waals surface area contributed by atoms with E-state index in [1.807, 2.05) is 38.1 Å². The van der Waals surface area contributed by atoms with Gasteiger partial charge >= 0.3 is 0 Å². The number of benzene rings is 2. The maximum atomic E-state index is 13.0. The molecule has 0 saturated carbocycles. The Hall–Kier alpha value is -3.35. The van der Waals surface area contributed by atoms with E-state index in [0.29, 0.717) is 22.9 Å². The minimum absolute atomic E-state index is 0.269. The van der Waals surface area contributed by atoms with Crippen LogP contribution in [-0.2, 0) is 0 Å². The average Bonchev–Trinajstić information content (AvgIpc) is 3.08. The third-order valence-electron chi connectivity index (χ3n) is 4.43. The molecule has 0 atom stereocenters. The fourth-order valence-corrected chi connectivity index (χ4v) is 2.79. The molecule has 0 aliphatic heterocycles. The molecule has 3 rings (SSSR count). The predicted octanol–water partition coefficient (Wildman–Crippen LogP) is 3.18. The highest BCUT2D eigenvalue weighted by atomic mass is 16.5. The number of amides is 1. The van der Waals surface area contributed by atoms with E-state index in [-0.39, 0.29) is 11.6 Å². The molecule has 0 aliphatic rings. The Morgan fingerprint density at radius 2 is 1.74 bits per heavy atom. The van der Waals surface area contributed by atoms with Crippen molar-refractivity contribution < 1.29 is 14.3 Å². The van der Waals surface area contributed by atoms with Gasteiger partial charge in [0.25, 0.3) is 5.91 Å². The minimum atomic E-state index is -0.269. The summed E-state index contributed by atoms with van der Waals surface area (Å²) in [6.45, 7) is 3.84. The number of anilines is 1. The molecule has 1 aromatic heterocycles. The molecule has 0 saturated heterocycles. The molecule has 27 heavy (non-hydrogen) atoms. The largest absolute Gasteiger partial charge is 0.497 e. The zero-order chi connectivity index (χ0) is 19.6. The van der Waals surface area contributed by atoms with Gasteiger partial charge in [-0.3, -0.25) is 4.79 Å². The number of ether oxygens (including phenoxy) is 2. The highest BCUT2D eigenvalue weighted by Gasteiger charge is 2.23. The van der Waals surface area contributed by atoms with Crippen molar-refractivity contribution in [2.45, 2.75) is 13.8 Å². The molecular formula is C20H22N4O3. The van der Waals surface area contributed by atoms with Crippen LogP contribution >= 0.6 is 0 Å². The lowest BCUT2D eigenvalue weighted by Gasteiger charge is -2.19. The van der Waals surface area contributed by atoms with Crippen molar-refractivity contribution in [2.24, 2.45) is 0 Å². The lowest BCUT2D eigenvalue weighted by Crippen LogP contribution is -2.27. The van der Waals surface area contributed by atoms with E-state index in [4.69, 9.17) is 9.47 Å². The van der Waals surface area contributed by atoms with Gasteiger partial charge in [0.15, 0.2) is 5.69 Å². The quantitative estimate of drug-likeness (QED) is 0.694. The van der Waals surface area contributed by atoms with Crippen LogP contribution in [0, 0.1) is 13.8 Å². The lowest BCUT2D eigenvalue weighted by molar-refractivity contribution is 0.0987. The molecule has 140 valence electrons. The van der Waals surface area contributed by atoms with Crippen LogP contribution in [0.15, 0.2) is 42.5 Å². The molecule has 7 heteroatoms. The van der Waals surface area contributed by atoms with E-state index >= 15 is 0 Å². The summed E-state index contributed by atoms with van der Waals surface area (Å²) in [6.07, 6.45) is 0. The van der Waals surface area contributed by atoms with Gasteiger partial charge in [-0.05, 0) is 38.1 Å². The lowest BCUT2D eigenvalue weighted by atomic mass is 10.2. The van der Waals surface area contributed by atoms with Gasteiger partial charge in [-0.2, -0.15) is 0 Å². The number of aromatic nitrogens is 3. The van der Waals surface area contributed by atoms with Crippen LogP contribution in [0.5, 0.6) is 11.5 Å². The standard InChI is InChI=1S/C20H22N4O3/c1-13-6-8-15(9-7-13)24-14(2)19(21-22-24)20(25)23(3)17-11-10-16(26-4)12-18(17)27-5/h6-12H,1-5H3. The normalized spacial score (nSPS) is 10.6. The van der Waals surface area contributed by atoms with Crippen molar-refractivity contribution in [1.82, 2.24) is 15.0 Å². The van der Waals surface area contributed by atoms with E-state index in [0.717, 1.165) is 11.3 Å². The number of aryl methyl sites for hydroxylation is 1. The third kappa shape index (κ3) is 3.48. The van der Waals surface area contributed by atoms with Crippen LogP contribution in [0.1, 0.15) is 21.7 Å². The molecule has 0 spiro atoms. The number of methoxy groups -OCH3 is 2. The van der Waals surface area contributed by atoms with Gasteiger partial charge in [0, 0.05) is 13.1 Å². The Balaban J connectivity index is 1.93. The molecule has 0 bridgehead atoms. The first-order valence-electron chi connectivity index (χ1n) is 8.45. The van der Waals surface area contributed by atoms with Crippen molar-refractivity contribution in [3.05, 3.63) is 59.4 Å². The van der Waals surface area contributed by atoms with Crippen LogP contribution in [0.2, 0.25) is 0 Å². The van der Waals surface area contributed by atoms with Gasteiger partial charge in [0.1, 0.15) is 11.5 Å². The Labute approximate surface area is 158 Å². The van der Waals surface area contributed by atoms with Crippen LogP contribution in [0.3, 0.4) is 0 Å². The third-order valence-corrected chi connectivity index (χ3v) is 4.43. The zero-order valence-electron chi connectivity index (χ0n) is 16.1. The van der Waals surface area contributed by atoms with E-state index in [9.17, 15) is 4.79 Å². The van der Waals surface area contributed by atoms with E-state index in [2.05, 4.69) is 10.3 Å². The van der Waals surface area contributed by atoms with Crippen LogP contribution in [-0.4, -0.2) is 42.2 Å². The van der Waals surface area contributed by atoms with Crippen LogP contribution in [0.25, 0.3) is 5.69 Å². The van der Waals surface area contributed by atoms with Crippen molar-refractivity contribution in [3.63, 3.8) is 0 Å². The molecule has 0 fully saturated rings. The van der Waals surface area contributed by atoms with Gasteiger partial charge in [0.05, 0.1) is 31.3 Å². The van der Waals surface area contributed by atoms with Gasteiger partial charge in [-0.1, -0.05) is 22.9 Å². The topological polar surface area (TPSA) is 69.5 Å². The van der Waals surface area contributed by atoms with Crippen molar-refractivity contribution in [2.75, 3.05) is 26.2 Å². The zero-order valence-corrected chi connectivity index (χ0v) is 16.1. The Morgan fingerprint density at radius 3 is 2.37 bits per heavy atom. The first-order chi connectivity index (χ1) is 13.0. The first-order valence-corrected chi connectivity index (χ1v) is 8.45. The smallest absolute Gasteiger partial charge is 0.280 e. The number of nitrogens with zero attached hydrogens (tertiary/aromatic N) is 4. The first kappa shape index (κ1) is 18.4. The number of carbonyl (C=O) groups excluding carboxylic acids is 1. The second kappa shape index (κ2) is 7.49. The maximum absolute atomic E-state index is 13.0. The average molecular weight is 366 g/mol. The fraction of sp³-hybridized carbons (Fsp3) is 0.250. The number of rotatable bonds is 5. The van der Waals surface area contributed by atoms with Gasteiger partial charge in [-0.15, -0.1) is 5.10 Å². The second-order valence-electron chi connectivity index (χ2n) is 6.17. The van der Waals surface area contributed by atoms with E-state index < -0.39 is 0 Å². The minimum Gasteiger partial charge on any atom is -0.497 e. The van der Waals surface area contributed by atoms with Crippen molar-refractivity contribution >= 4 is 11.6 Å². The molecule has 7 nitrogen and oxygen atoms in total. The molecule has 0 radical (unpaired) electrons. The summed E-state index contributed by atoms with van der Waals surface area (Å²) in [7, 11) is 4.81. The van der Waals surface area contributed by atoms with E-state index in [1.54, 1.807) is 44.1 Å². The predicted molar refractivity (Wildman–Crippen MR) is 103 cm³/mol. The molecule has 1 heterocycles. The Kier molecular flexibility index (Phi) is 5.12. The summed E-state index contributed by atoms with van der Waals surface area (Å²) in [5, 5.41) is 8.26. The van der Waals surface area contributed by atoms with Gasteiger partial charge in [-0.25, -0.2) is 4.68 Å². The van der Waals surface area contributed by atoms with Gasteiger partial charge in [0.2, 0.25) is 0 Å². The molecule has 0 unspecified atom stereocenters. The summed E-state index contributed by atoms with van der Waals surface area (Å²) in [5.41, 5.74) is 3.58. The number of hydrogen-bond donors (Lipinski definition) is 0. The Morgan fingerprint density at radius 1 is 1.04 bits per heavy atom. The van der Waals surface area contributed by atoms with Crippen LogP contribution in [0.4, 0.5) is 5.69 Å². The highest BCUT2D eigenvalue weighted by molar-refractivity contribution is 6.06. The summed E-state index contributed by atoms with van der Waals surface area (Å²) in [5.74, 6) is 0.918. The van der Waals surface area contributed by atoms with Crippen molar-refractivity contribution in [1.29, 1.82) is 0 Å². The van der Waals surface area contributed by atoms with Gasteiger partial charge < -0.3 is 14.4 Å². The molecule has 0 aliphatic carbocycles. The second-order valence-corrected chi connectivity index (χ2v) is 6.17. The van der Waals surface area contributed by atoms with E-state index in [1.165, 1.54) is 4.90 Å². The number of hydrogen-bond acceptors (Lipinski definition) is 5. The summed E-state index contributed by atoms with van der Waals surface area (Å²) < 4.78 is 12.3. The summed E-state index contributed by atoms with van der Waals surface area (Å²) in [4.78, 5) is 14.5. The summed E-state index contributed by atoms with van der Waals surface area (Å²) in [6, 6.07) is 13.2. The SMILES string of the molecule is COc1ccc(N(C)C(=O)c2nnn(-c3ccc(C)cc3)c2C)c(OC)c1. The maximum Gasteiger partial charge on any atom is 0.280 e. The summed E-state index contributed by atoms with van der Waals surface area (Å²) >= 11 is 0. The molecule has 0 N–H and O–H groups in total.